The van der Waals surface area contributed by atoms with Gasteiger partial charge in [0.1, 0.15) is 54.3 Å². The van der Waals surface area contributed by atoms with Crippen molar-refractivity contribution in [1.82, 2.24) is 0 Å². The molecule has 0 radical (unpaired) electrons. The first-order chi connectivity index (χ1) is 29.8. The standard InChI is InChI=1S/C16H21N3O2.C11H17NO4.C10H15NO2.C9H13NO2/c1-11-3-5-15(13(18)9-11)20-7-2-8-21-16-6-4-12(17)10-14(16)19;1-8-6-9(12)11(16-5-3-14)7-10(8)15-4-2-13;1-8-7-9(11-5-6-12)3-4-10(8)13-2;1-7-2-3-9(8(10)6-7)12-5-4-11/h3-6,9-10H,2,7-8,17-19H2,1H3;6-7,13-14H,2-5,12H2,1H3;3-4,7,11-12H,5-6H2,1-2H3;2-3,6,11H,4-5,10H2,1H3. The van der Waals surface area contributed by atoms with Crippen LogP contribution in [0.2, 0.25) is 0 Å². The molecule has 0 aliphatic heterocycles. The van der Waals surface area contributed by atoms with Gasteiger partial charge in [0.2, 0.25) is 0 Å². The lowest BCUT2D eigenvalue weighted by Crippen LogP contribution is -2.07. The molecular formula is C46H66N6O10. The van der Waals surface area contributed by atoms with E-state index in [1.165, 1.54) is 0 Å². The number of hydrogen-bond donors (Lipinski definition) is 10. The molecule has 0 saturated carbocycles. The van der Waals surface area contributed by atoms with Gasteiger partial charge in [-0.3, -0.25) is 0 Å². The first kappa shape index (κ1) is 51.7. The minimum absolute atomic E-state index is 0.00726. The molecule has 0 saturated heterocycles. The van der Waals surface area contributed by atoms with Gasteiger partial charge in [-0.05, 0) is 117 Å². The number of aliphatic hydroxyl groups is 4. The average Bonchev–Trinajstić information content (AvgIpc) is 3.24. The van der Waals surface area contributed by atoms with Crippen LogP contribution >= 0.6 is 0 Å². The molecule has 0 bridgehead atoms. The van der Waals surface area contributed by atoms with Crippen LogP contribution in [0, 0.1) is 27.7 Å². The molecule has 0 fully saturated rings. The highest BCUT2D eigenvalue weighted by Crippen LogP contribution is 2.31. The number of methoxy groups -OCH3 is 1. The SMILES string of the molecule is COc1ccc(NCCO)cc1C.Cc1cc(N)c(OCCO)cc1OCCO.Cc1ccc(OCCCOc2ccc(N)cc2N)c(N)c1.Cc1ccc(OCCO)c(N)c1. The number of anilines is 6. The molecule has 5 aromatic rings. The van der Waals surface area contributed by atoms with Gasteiger partial charge in [0.15, 0.2) is 0 Å². The van der Waals surface area contributed by atoms with Crippen LogP contribution in [0.3, 0.4) is 0 Å². The zero-order valence-electron chi connectivity index (χ0n) is 36.5. The summed E-state index contributed by atoms with van der Waals surface area (Å²) in [7, 11) is 1.66. The molecule has 0 unspecified atom stereocenters. The molecule has 0 aliphatic rings. The van der Waals surface area contributed by atoms with Crippen LogP contribution in [0.15, 0.2) is 84.9 Å². The van der Waals surface area contributed by atoms with E-state index in [-0.39, 0.29) is 46.2 Å². The van der Waals surface area contributed by atoms with E-state index in [1.54, 1.807) is 43.5 Å². The molecule has 5 rings (SSSR count). The number of nitrogen functional groups attached to an aromatic ring is 5. The summed E-state index contributed by atoms with van der Waals surface area (Å²) in [6.07, 6.45) is 0.733. The van der Waals surface area contributed by atoms with Crippen LogP contribution < -0.4 is 62.4 Å². The van der Waals surface area contributed by atoms with Crippen LogP contribution in [-0.2, 0) is 0 Å². The normalized spacial score (nSPS) is 10.1. The highest BCUT2D eigenvalue weighted by molar-refractivity contribution is 5.61. The number of ether oxygens (including phenoxy) is 6. The summed E-state index contributed by atoms with van der Waals surface area (Å²) in [5.74, 6) is 3.96. The second-order valence-electron chi connectivity index (χ2n) is 13.6. The number of aryl methyl sites for hydroxylation is 4. The molecule has 0 heterocycles. The maximum atomic E-state index is 8.67. The first-order valence-electron chi connectivity index (χ1n) is 20.0. The van der Waals surface area contributed by atoms with E-state index in [4.69, 9.17) is 77.5 Å². The predicted octanol–water partition coefficient (Wildman–Crippen LogP) is 5.27. The Morgan fingerprint density at radius 2 is 0.871 bits per heavy atom. The summed E-state index contributed by atoms with van der Waals surface area (Å²) in [5.41, 5.74) is 36.8. The van der Waals surface area contributed by atoms with Gasteiger partial charge in [0, 0.05) is 30.4 Å². The van der Waals surface area contributed by atoms with Crippen molar-refractivity contribution < 1.29 is 48.8 Å². The van der Waals surface area contributed by atoms with Gasteiger partial charge in [-0.25, -0.2) is 0 Å². The molecular weight excluding hydrogens is 797 g/mol. The van der Waals surface area contributed by atoms with E-state index in [2.05, 4.69) is 5.32 Å². The molecule has 0 atom stereocenters. The molecule has 0 aromatic heterocycles. The summed E-state index contributed by atoms with van der Waals surface area (Å²) in [6.45, 7) is 10.2. The largest absolute Gasteiger partial charge is 0.496 e. The van der Waals surface area contributed by atoms with Gasteiger partial charge in [0.25, 0.3) is 0 Å². The first-order valence-corrected chi connectivity index (χ1v) is 20.0. The summed E-state index contributed by atoms with van der Waals surface area (Å²) in [5, 5.41) is 37.5. The number of nitrogens with two attached hydrogens (primary N) is 5. The van der Waals surface area contributed by atoms with Crippen molar-refractivity contribution in [2.45, 2.75) is 34.1 Å². The van der Waals surface area contributed by atoms with Crippen LogP contribution in [0.1, 0.15) is 28.7 Å². The maximum absolute atomic E-state index is 8.67. The minimum Gasteiger partial charge on any atom is -0.496 e. The second kappa shape index (κ2) is 28.9. The number of hydrogen-bond acceptors (Lipinski definition) is 16. The number of rotatable bonds is 19. The topological polar surface area (TPSA) is 278 Å². The van der Waals surface area contributed by atoms with E-state index >= 15 is 0 Å². The van der Waals surface area contributed by atoms with Crippen molar-refractivity contribution in [2.75, 3.05) is 107 Å². The molecule has 0 spiro atoms. The lowest BCUT2D eigenvalue weighted by atomic mass is 10.2. The predicted molar refractivity (Wildman–Crippen MR) is 249 cm³/mol. The third-order valence-corrected chi connectivity index (χ3v) is 8.36. The van der Waals surface area contributed by atoms with Crippen molar-refractivity contribution in [3.8, 4) is 34.5 Å². The second-order valence-corrected chi connectivity index (χ2v) is 13.6. The molecule has 5 aromatic carbocycles. The van der Waals surface area contributed by atoms with Gasteiger partial charge in [-0.1, -0.05) is 12.1 Å². The third kappa shape index (κ3) is 19.3. The zero-order chi connectivity index (χ0) is 45.9. The smallest absolute Gasteiger partial charge is 0.146 e. The Hall–Kier alpha value is -6.46. The molecule has 62 heavy (non-hydrogen) atoms. The van der Waals surface area contributed by atoms with Crippen molar-refractivity contribution in [3.63, 3.8) is 0 Å². The van der Waals surface area contributed by atoms with Gasteiger partial charge < -0.3 is 82.8 Å². The quantitative estimate of drug-likeness (QED) is 0.0374. The minimum atomic E-state index is -0.0693. The number of nitrogens with one attached hydrogen (secondary N) is 1. The Bertz CT molecular complexity index is 1970. The van der Waals surface area contributed by atoms with E-state index in [0.717, 1.165) is 40.1 Å². The molecule has 16 heteroatoms. The number of benzene rings is 5. The zero-order valence-corrected chi connectivity index (χ0v) is 36.5. The fraction of sp³-hybridized carbons (Fsp3) is 0.348. The molecule has 16 nitrogen and oxygen atoms in total. The lowest BCUT2D eigenvalue weighted by Gasteiger charge is -2.13. The van der Waals surface area contributed by atoms with Crippen LogP contribution in [0.4, 0.5) is 34.1 Å². The molecule has 0 amide bonds. The van der Waals surface area contributed by atoms with Crippen molar-refractivity contribution >= 4 is 34.1 Å². The summed E-state index contributed by atoms with van der Waals surface area (Å²) in [4.78, 5) is 0. The summed E-state index contributed by atoms with van der Waals surface area (Å²) >= 11 is 0. The van der Waals surface area contributed by atoms with Gasteiger partial charge in [0.05, 0.1) is 69.5 Å². The monoisotopic (exact) mass is 862 g/mol. The summed E-state index contributed by atoms with van der Waals surface area (Å²) in [6, 6.07) is 25.7. The Balaban J connectivity index is 0.000000292. The highest BCUT2D eigenvalue weighted by Gasteiger charge is 2.08. The van der Waals surface area contributed by atoms with E-state index in [9.17, 15) is 0 Å². The van der Waals surface area contributed by atoms with Gasteiger partial charge in [-0.15, -0.1) is 0 Å². The Morgan fingerprint density at radius 3 is 1.34 bits per heavy atom. The molecule has 340 valence electrons. The maximum Gasteiger partial charge on any atom is 0.146 e. The lowest BCUT2D eigenvalue weighted by molar-refractivity contribution is 0.194. The summed E-state index contributed by atoms with van der Waals surface area (Å²) < 4.78 is 32.1. The van der Waals surface area contributed by atoms with E-state index in [0.29, 0.717) is 76.9 Å². The van der Waals surface area contributed by atoms with Crippen LogP contribution in [0.5, 0.6) is 34.5 Å². The van der Waals surface area contributed by atoms with Crippen LogP contribution in [0.25, 0.3) is 0 Å². The van der Waals surface area contributed by atoms with E-state index < -0.39 is 0 Å². The van der Waals surface area contributed by atoms with Crippen molar-refractivity contribution in [2.24, 2.45) is 0 Å². The Kier molecular flexibility index (Phi) is 24.1. The Morgan fingerprint density at radius 1 is 0.435 bits per heavy atom. The number of aliphatic hydroxyl groups excluding tert-OH is 4. The van der Waals surface area contributed by atoms with Crippen molar-refractivity contribution in [3.05, 3.63) is 107 Å². The average molecular weight is 863 g/mol. The van der Waals surface area contributed by atoms with E-state index in [1.807, 2.05) is 76.2 Å². The van der Waals surface area contributed by atoms with Gasteiger partial charge >= 0.3 is 0 Å². The highest BCUT2D eigenvalue weighted by atomic mass is 16.5. The van der Waals surface area contributed by atoms with Gasteiger partial charge in [-0.2, -0.15) is 0 Å². The fourth-order valence-corrected chi connectivity index (χ4v) is 5.35. The fourth-order valence-electron chi connectivity index (χ4n) is 5.35. The van der Waals surface area contributed by atoms with Crippen molar-refractivity contribution in [1.29, 1.82) is 0 Å². The third-order valence-electron chi connectivity index (χ3n) is 8.36. The van der Waals surface area contributed by atoms with Crippen LogP contribution in [-0.4, -0.2) is 93.5 Å². The molecule has 0 aliphatic carbocycles. The Labute approximate surface area is 365 Å². The molecule has 15 N–H and O–H groups in total.